The Morgan fingerprint density at radius 2 is 2.12 bits per heavy atom. The van der Waals surface area contributed by atoms with Gasteiger partial charge in [0.15, 0.2) is 0 Å². The zero-order valence-electron chi connectivity index (χ0n) is 10.5. The summed E-state index contributed by atoms with van der Waals surface area (Å²) in [7, 11) is 3.79. The third-order valence-electron chi connectivity index (χ3n) is 2.83. The molecule has 0 saturated carbocycles. The summed E-state index contributed by atoms with van der Waals surface area (Å²) in [6.07, 6.45) is 0. The minimum atomic E-state index is 0.367. The maximum absolute atomic E-state index is 5.85. The number of methoxy groups -OCH3 is 1. The fraction of sp³-hybridized carbons (Fsp3) is 0.538. The van der Waals surface area contributed by atoms with E-state index < -0.39 is 0 Å². The van der Waals surface area contributed by atoms with Crippen molar-refractivity contribution in [2.75, 3.05) is 20.0 Å². The molecule has 0 N–H and O–H groups in total. The van der Waals surface area contributed by atoms with Crippen molar-refractivity contribution >= 4 is 11.6 Å². The second-order valence-electron chi connectivity index (χ2n) is 4.23. The summed E-state index contributed by atoms with van der Waals surface area (Å²) in [6.45, 7) is 5.07. The minimum absolute atomic E-state index is 0.367. The Balaban J connectivity index is 2.82. The quantitative estimate of drug-likeness (QED) is 0.735. The highest BCUT2D eigenvalue weighted by Gasteiger charge is 2.11. The molecule has 2 nitrogen and oxygen atoms in total. The summed E-state index contributed by atoms with van der Waals surface area (Å²) >= 11 is 5.85. The van der Waals surface area contributed by atoms with Crippen LogP contribution >= 0.6 is 11.6 Å². The van der Waals surface area contributed by atoms with Crippen LogP contribution in [0.15, 0.2) is 18.2 Å². The van der Waals surface area contributed by atoms with Gasteiger partial charge in [-0.25, -0.2) is 0 Å². The molecule has 16 heavy (non-hydrogen) atoms. The lowest BCUT2D eigenvalue weighted by Gasteiger charge is -2.23. The van der Waals surface area contributed by atoms with Gasteiger partial charge in [0.1, 0.15) is 5.75 Å². The molecule has 0 amide bonds. The van der Waals surface area contributed by atoms with E-state index >= 15 is 0 Å². The summed E-state index contributed by atoms with van der Waals surface area (Å²) in [5.74, 6) is 1.59. The van der Waals surface area contributed by atoms with Gasteiger partial charge in [-0.05, 0) is 27.0 Å². The Labute approximate surface area is 103 Å². The van der Waals surface area contributed by atoms with Gasteiger partial charge in [0.25, 0.3) is 0 Å². The Kier molecular flexibility index (Phi) is 5.10. The Hall–Kier alpha value is -0.730. The predicted molar refractivity (Wildman–Crippen MR) is 69.4 cm³/mol. The summed E-state index contributed by atoms with van der Waals surface area (Å²) in [5, 5.41) is 0. The number of ether oxygens (including phenoxy) is 1. The van der Waals surface area contributed by atoms with Gasteiger partial charge in [-0.2, -0.15) is 0 Å². The van der Waals surface area contributed by atoms with Gasteiger partial charge in [-0.3, -0.25) is 4.90 Å². The van der Waals surface area contributed by atoms with Crippen molar-refractivity contribution < 1.29 is 4.74 Å². The molecule has 0 saturated heterocycles. The van der Waals surface area contributed by atoms with Crippen LogP contribution in [-0.2, 0) is 6.54 Å². The van der Waals surface area contributed by atoms with E-state index in [-0.39, 0.29) is 0 Å². The van der Waals surface area contributed by atoms with Crippen molar-refractivity contribution in [1.29, 1.82) is 0 Å². The standard InChI is InChI=1S/C13H20ClNO/c1-10-5-6-13(16-4)12(7-10)9-15(3)11(2)8-14/h5-7,11H,8-9H2,1-4H3. The van der Waals surface area contributed by atoms with Crippen molar-refractivity contribution in [2.45, 2.75) is 26.4 Å². The Bertz CT molecular complexity index is 341. The van der Waals surface area contributed by atoms with Crippen molar-refractivity contribution in [3.8, 4) is 5.75 Å². The van der Waals surface area contributed by atoms with Crippen molar-refractivity contribution in [2.24, 2.45) is 0 Å². The first-order chi connectivity index (χ1) is 7.58. The molecule has 1 atom stereocenters. The zero-order chi connectivity index (χ0) is 12.1. The van der Waals surface area contributed by atoms with Crippen LogP contribution in [0.5, 0.6) is 5.75 Å². The van der Waals surface area contributed by atoms with E-state index in [4.69, 9.17) is 16.3 Å². The number of aryl methyl sites for hydroxylation is 1. The van der Waals surface area contributed by atoms with Crippen LogP contribution in [0, 0.1) is 6.92 Å². The smallest absolute Gasteiger partial charge is 0.123 e. The SMILES string of the molecule is COc1ccc(C)cc1CN(C)C(C)CCl. The van der Waals surface area contributed by atoms with Crippen LogP contribution in [0.4, 0.5) is 0 Å². The number of alkyl halides is 1. The lowest BCUT2D eigenvalue weighted by Crippen LogP contribution is -2.30. The molecule has 1 aromatic carbocycles. The van der Waals surface area contributed by atoms with E-state index in [0.29, 0.717) is 11.9 Å². The normalized spacial score (nSPS) is 12.9. The van der Waals surface area contributed by atoms with E-state index in [9.17, 15) is 0 Å². The van der Waals surface area contributed by atoms with Crippen LogP contribution in [-0.4, -0.2) is 31.0 Å². The molecule has 3 heteroatoms. The van der Waals surface area contributed by atoms with Gasteiger partial charge in [0, 0.05) is 24.0 Å². The maximum atomic E-state index is 5.85. The third kappa shape index (κ3) is 3.39. The highest BCUT2D eigenvalue weighted by molar-refractivity contribution is 6.18. The molecule has 90 valence electrons. The van der Waals surface area contributed by atoms with Crippen LogP contribution in [0.1, 0.15) is 18.1 Å². The Morgan fingerprint density at radius 1 is 1.44 bits per heavy atom. The molecule has 0 fully saturated rings. The van der Waals surface area contributed by atoms with Crippen LogP contribution in [0.25, 0.3) is 0 Å². The van der Waals surface area contributed by atoms with Crippen molar-refractivity contribution in [3.05, 3.63) is 29.3 Å². The number of nitrogens with zero attached hydrogens (tertiary/aromatic N) is 1. The van der Waals surface area contributed by atoms with E-state index in [1.165, 1.54) is 11.1 Å². The predicted octanol–water partition coefficient (Wildman–Crippen LogP) is 3.06. The van der Waals surface area contributed by atoms with Gasteiger partial charge in [-0.1, -0.05) is 17.7 Å². The lowest BCUT2D eigenvalue weighted by molar-refractivity contribution is 0.263. The fourth-order valence-corrected chi connectivity index (χ4v) is 1.81. The lowest BCUT2D eigenvalue weighted by atomic mass is 10.1. The first-order valence-corrected chi connectivity index (χ1v) is 6.01. The number of hydrogen-bond donors (Lipinski definition) is 0. The molecule has 0 radical (unpaired) electrons. The summed E-state index contributed by atoms with van der Waals surface area (Å²) < 4.78 is 5.35. The average Bonchev–Trinajstić information content (AvgIpc) is 2.28. The first-order valence-electron chi connectivity index (χ1n) is 5.48. The molecule has 0 aromatic heterocycles. The van der Waals surface area contributed by atoms with E-state index in [1.807, 2.05) is 6.07 Å². The molecular weight excluding hydrogens is 222 g/mol. The molecule has 0 heterocycles. The second-order valence-corrected chi connectivity index (χ2v) is 4.54. The summed E-state index contributed by atoms with van der Waals surface area (Å²) in [4.78, 5) is 2.23. The molecule has 0 spiro atoms. The molecular formula is C13H20ClNO. The first kappa shape index (κ1) is 13.3. The molecule has 0 aliphatic carbocycles. The third-order valence-corrected chi connectivity index (χ3v) is 3.28. The minimum Gasteiger partial charge on any atom is -0.496 e. The van der Waals surface area contributed by atoms with E-state index in [2.05, 4.69) is 37.9 Å². The zero-order valence-corrected chi connectivity index (χ0v) is 11.2. The van der Waals surface area contributed by atoms with Crippen molar-refractivity contribution in [1.82, 2.24) is 4.90 Å². The van der Waals surface area contributed by atoms with Crippen molar-refractivity contribution in [3.63, 3.8) is 0 Å². The topological polar surface area (TPSA) is 12.5 Å². The summed E-state index contributed by atoms with van der Waals surface area (Å²) in [5.41, 5.74) is 2.46. The molecule has 0 bridgehead atoms. The summed E-state index contributed by atoms with van der Waals surface area (Å²) in [6, 6.07) is 6.61. The van der Waals surface area contributed by atoms with Gasteiger partial charge >= 0.3 is 0 Å². The number of rotatable bonds is 5. The largest absolute Gasteiger partial charge is 0.496 e. The number of halogens is 1. The van der Waals surface area contributed by atoms with E-state index in [1.54, 1.807) is 7.11 Å². The second kappa shape index (κ2) is 6.12. The maximum Gasteiger partial charge on any atom is 0.123 e. The monoisotopic (exact) mass is 241 g/mol. The Morgan fingerprint density at radius 3 is 2.69 bits per heavy atom. The van der Waals surface area contributed by atoms with Crippen LogP contribution < -0.4 is 4.74 Å². The van der Waals surface area contributed by atoms with Gasteiger partial charge in [0.05, 0.1) is 7.11 Å². The van der Waals surface area contributed by atoms with Crippen LogP contribution in [0.3, 0.4) is 0 Å². The number of benzene rings is 1. The van der Waals surface area contributed by atoms with Gasteiger partial charge in [-0.15, -0.1) is 11.6 Å². The van der Waals surface area contributed by atoms with E-state index in [0.717, 1.165) is 12.3 Å². The van der Waals surface area contributed by atoms with Gasteiger partial charge < -0.3 is 4.74 Å². The molecule has 0 aliphatic heterocycles. The highest BCUT2D eigenvalue weighted by Crippen LogP contribution is 2.21. The van der Waals surface area contributed by atoms with Crippen LogP contribution in [0.2, 0.25) is 0 Å². The number of hydrogen-bond acceptors (Lipinski definition) is 2. The highest BCUT2D eigenvalue weighted by atomic mass is 35.5. The van der Waals surface area contributed by atoms with Gasteiger partial charge in [0.2, 0.25) is 0 Å². The molecule has 0 aliphatic rings. The molecule has 1 unspecified atom stereocenters. The molecule has 1 rings (SSSR count). The molecule has 1 aromatic rings. The average molecular weight is 242 g/mol. The fourth-order valence-electron chi connectivity index (χ4n) is 1.57.